The van der Waals surface area contributed by atoms with Crippen LogP contribution in [-0.4, -0.2) is 100.0 Å². The monoisotopic (exact) mass is 457 g/mol. The van der Waals surface area contributed by atoms with Gasteiger partial charge in [-0.15, -0.1) is 11.8 Å². The molecule has 0 aromatic heterocycles. The minimum Gasteiger partial charge on any atom is -0.388 e. The maximum atomic E-state index is 13.2. The molecule has 2 saturated heterocycles. The lowest BCUT2D eigenvalue weighted by molar-refractivity contribution is -0.205. The van der Waals surface area contributed by atoms with Crippen LogP contribution < -0.4 is 10.6 Å². The number of ether oxygens (including phenoxy) is 1. The molecule has 5 aliphatic rings. The zero-order chi connectivity index (χ0) is 22.3. The molecule has 5 rings (SSSR count). The lowest BCUT2D eigenvalue weighted by Crippen LogP contribution is -2.71. The third-order valence-corrected chi connectivity index (χ3v) is 8.79. The number of nitrogens with zero attached hydrogens (tertiary/aromatic N) is 1. The van der Waals surface area contributed by atoms with Crippen LogP contribution in [0.5, 0.6) is 0 Å². The van der Waals surface area contributed by atoms with Crippen molar-refractivity contribution in [2.24, 2.45) is 11.8 Å². The minimum absolute atomic E-state index is 0.0531. The van der Waals surface area contributed by atoms with Gasteiger partial charge in [-0.05, 0) is 57.2 Å². The second-order valence-electron chi connectivity index (χ2n) is 10.3. The maximum absolute atomic E-state index is 13.2. The van der Waals surface area contributed by atoms with E-state index in [0.717, 1.165) is 31.7 Å². The highest BCUT2D eigenvalue weighted by molar-refractivity contribution is 7.99. The number of hydrogen-bond donors (Lipinski definition) is 5. The summed E-state index contributed by atoms with van der Waals surface area (Å²) in [4.78, 5) is 15.4. The molecule has 8 atom stereocenters. The third kappa shape index (κ3) is 4.65. The summed E-state index contributed by atoms with van der Waals surface area (Å²) < 4.78 is 6.01. The molecule has 3 saturated carbocycles. The Bertz CT molecular complexity index is 636. The Hall–Kier alpha value is -0.420. The summed E-state index contributed by atoms with van der Waals surface area (Å²) in [5.41, 5.74) is -0.485. The number of carbonyl (C=O) groups is 1. The van der Waals surface area contributed by atoms with Crippen LogP contribution in [0.3, 0.4) is 0 Å². The molecular formula is C22H39N3O5S. The van der Waals surface area contributed by atoms with Crippen LogP contribution in [0.25, 0.3) is 0 Å². The van der Waals surface area contributed by atoms with Crippen LogP contribution in [-0.2, 0) is 9.53 Å². The smallest absolute Gasteiger partial charge is 0.237 e. The molecule has 0 spiro atoms. The quantitative estimate of drug-likeness (QED) is 0.326. The van der Waals surface area contributed by atoms with Crippen LogP contribution in [0, 0.1) is 11.8 Å². The number of amides is 1. The number of rotatable bonds is 9. The molecule has 5 fully saturated rings. The Labute approximate surface area is 189 Å². The number of nitrogens with one attached hydrogen (secondary N) is 2. The fourth-order valence-electron chi connectivity index (χ4n) is 5.98. The first-order valence-electron chi connectivity index (χ1n) is 11.7. The van der Waals surface area contributed by atoms with Gasteiger partial charge in [0.25, 0.3) is 0 Å². The van der Waals surface area contributed by atoms with Gasteiger partial charge in [0.2, 0.25) is 5.91 Å². The number of likely N-dealkylation sites (N-methyl/N-ethyl adjacent to an activating group) is 1. The fourth-order valence-corrected chi connectivity index (χ4v) is 6.66. The van der Waals surface area contributed by atoms with E-state index < -0.39 is 35.9 Å². The highest BCUT2D eigenvalue weighted by Gasteiger charge is 2.57. The molecule has 2 bridgehead atoms. The Morgan fingerprint density at radius 2 is 1.94 bits per heavy atom. The highest BCUT2D eigenvalue weighted by atomic mass is 32.2. The van der Waals surface area contributed by atoms with Crippen molar-refractivity contribution in [3.63, 3.8) is 0 Å². The van der Waals surface area contributed by atoms with Crippen LogP contribution in [0.4, 0.5) is 0 Å². The van der Waals surface area contributed by atoms with E-state index in [1.807, 2.05) is 7.05 Å². The lowest BCUT2D eigenvalue weighted by atomic mass is 9.50. The van der Waals surface area contributed by atoms with Crippen molar-refractivity contribution in [1.29, 1.82) is 0 Å². The second-order valence-corrected chi connectivity index (χ2v) is 11.2. The summed E-state index contributed by atoms with van der Waals surface area (Å²) in [7, 11) is 1.99. The van der Waals surface area contributed by atoms with E-state index in [1.54, 1.807) is 6.26 Å². The van der Waals surface area contributed by atoms with Gasteiger partial charge in [0.05, 0.1) is 12.1 Å². The topological polar surface area (TPSA) is 114 Å². The van der Waals surface area contributed by atoms with Gasteiger partial charge in [0.1, 0.15) is 29.9 Å². The standard InChI is InChI=1S/C22H39N3O5S/c1-4-5-12-6-15(25(2)11-12)20(29)24-14(10-23-22-7-13(8-22)9-22)19-17(27)16(26)18(28)21(30-19)31-3/h12-19,21,23,26-28H,4-11H2,1-3H3,(H,24,29)/t12-,13?,14+,15+,16?,17?,18-,19-,21?,22?/m1/s1. The summed E-state index contributed by atoms with van der Waals surface area (Å²) >= 11 is 1.29. The Morgan fingerprint density at radius 3 is 2.52 bits per heavy atom. The summed E-state index contributed by atoms with van der Waals surface area (Å²) in [6, 6.07) is -0.687. The normalized spacial score (nSPS) is 45.6. The predicted octanol–water partition coefficient (Wildman–Crippen LogP) is -0.0957. The number of aliphatic hydroxyl groups excluding tert-OH is 3. The molecular weight excluding hydrogens is 418 g/mol. The van der Waals surface area contributed by atoms with Gasteiger partial charge in [-0.3, -0.25) is 9.69 Å². The SMILES string of the molecule is CCC[C@@H]1C[C@@H](C(=O)N[C@@H](CNC23CC(C2)C3)[C@H]2OC(SC)[C@H](O)C(O)C2O)N(C)C1. The van der Waals surface area contributed by atoms with Gasteiger partial charge >= 0.3 is 0 Å². The number of thioether (sulfide) groups is 1. The fraction of sp³-hybridized carbons (Fsp3) is 0.955. The van der Waals surface area contributed by atoms with E-state index >= 15 is 0 Å². The molecule has 3 unspecified atom stereocenters. The first-order chi connectivity index (χ1) is 14.8. The zero-order valence-electron chi connectivity index (χ0n) is 18.9. The molecule has 3 aliphatic carbocycles. The number of carbonyl (C=O) groups excluding carboxylic acids is 1. The molecule has 9 heteroatoms. The third-order valence-electron chi connectivity index (χ3n) is 7.93. The summed E-state index contributed by atoms with van der Waals surface area (Å²) in [6.45, 7) is 3.56. The van der Waals surface area contributed by atoms with Gasteiger partial charge in [-0.2, -0.15) is 0 Å². The van der Waals surface area contributed by atoms with Crippen molar-refractivity contribution in [2.75, 3.05) is 26.4 Å². The Kier molecular flexibility index (Phi) is 7.23. The largest absolute Gasteiger partial charge is 0.388 e. The van der Waals surface area contributed by atoms with Crippen molar-refractivity contribution >= 4 is 17.7 Å². The van der Waals surface area contributed by atoms with Crippen molar-refractivity contribution in [3.8, 4) is 0 Å². The van der Waals surface area contributed by atoms with Gasteiger partial charge in [-0.1, -0.05) is 13.3 Å². The minimum atomic E-state index is -1.31. The molecule has 0 radical (unpaired) electrons. The number of aliphatic hydroxyl groups is 3. The van der Waals surface area contributed by atoms with Crippen LogP contribution in [0.2, 0.25) is 0 Å². The summed E-state index contributed by atoms with van der Waals surface area (Å²) in [6.07, 6.45) is 3.82. The van der Waals surface area contributed by atoms with Gasteiger partial charge < -0.3 is 30.7 Å². The molecule has 2 heterocycles. The molecule has 0 aromatic rings. The number of likely N-dealkylation sites (tertiary alicyclic amines) is 1. The predicted molar refractivity (Wildman–Crippen MR) is 120 cm³/mol. The lowest BCUT2D eigenvalue weighted by Gasteiger charge is -2.62. The molecule has 0 aromatic carbocycles. The number of hydrogen-bond acceptors (Lipinski definition) is 8. The summed E-state index contributed by atoms with van der Waals surface area (Å²) in [5, 5.41) is 38.1. The van der Waals surface area contributed by atoms with Crippen molar-refractivity contribution < 1.29 is 24.9 Å². The molecule has 1 amide bonds. The highest BCUT2D eigenvalue weighted by Crippen LogP contribution is 2.56. The molecule has 178 valence electrons. The Balaban J connectivity index is 1.45. The van der Waals surface area contributed by atoms with Gasteiger partial charge in [0, 0.05) is 18.6 Å². The van der Waals surface area contributed by atoms with Crippen LogP contribution in [0.1, 0.15) is 45.4 Å². The van der Waals surface area contributed by atoms with E-state index in [2.05, 4.69) is 22.5 Å². The van der Waals surface area contributed by atoms with Gasteiger partial charge in [-0.25, -0.2) is 0 Å². The molecule has 8 nitrogen and oxygen atoms in total. The van der Waals surface area contributed by atoms with E-state index in [9.17, 15) is 20.1 Å². The molecule has 2 aliphatic heterocycles. The second kappa shape index (κ2) is 9.44. The first-order valence-corrected chi connectivity index (χ1v) is 13.0. The molecule has 5 N–H and O–H groups in total. The van der Waals surface area contributed by atoms with E-state index in [0.29, 0.717) is 12.5 Å². The van der Waals surface area contributed by atoms with Crippen molar-refractivity contribution in [2.45, 2.75) is 92.9 Å². The van der Waals surface area contributed by atoms with Crippen molar-refractivity contribution in [1.82, 2.24) is 15.5 Å². The first kappa shape index (κ1) is 23.7. The van der Waals surface area contributed by atoms with Crippen LogP contribution in [0.15, 0.2) is 0 Å². The zero-order valence-corrected chi connectivity index (χ0v) is 19.7. The average molecular weight is 458 g/mol. The maximum Gasteiger partial charge on any atom is 0.237 e. The van der Waals surface area contributed by atoms with E-state index in [-0.39, 0.29) is 17.5 Å². The Morgan fingerprint density at radius 1 is 1.23 bits per heavy atom. The van der Waals surface area contributed by atoms with Gasteiger partial charge in [0.15, 0.2) is 0 Å². The average Bonchev–Trinajstić information content (AvgIpc) is 3.04. The molecule has 31 heavy (non-hydrogen) atoms. The van der Waals surface area contributed by atoms with E-state index in [4.69, 9.17) is 4.74 Å². The van der Waals surface area contributed by atoms with E-state index in [1.165, 1.54) is 31.0 Å². The van der Waals surface area contributed by atoms with Crippen molar-refractivity contribution in [3.05, 3.63) is 0 Å². The van der Waals surface area contributed by atoms with Crippen LogP contribution >= 0.6 is 11.8 Å². The summed E-state index contributed by atoms with van der Waals surface area (Å²) in [5.74, 6) is 1.30.